The van der Waals surface area contributed by atoms with Gasteiger partial charge in [0.15, 0.2) is 0 Å². The number of aryl methyl sites for hydroxylation is 2. The largest absolute Gasteiger partial charge is 0.489 e. The highest BCUT2D eigenvalue weighted by Crippen LogP contribution is 2.26. The molecule has 38 heavy (non-hydrogen) atoms. The predicted octanol–water partition coefficient (Wildman–Crippen LogP) is 4.07. The van der Waals surface area contributed by atoms with Gasteiger partial charge < -0.3 is 15.0 Å². The molecule has 3 aromatic rings. The zero-order valence-electron chi connectivity index (χ0n) is 22.3. The average Bonchev–Trinajstić information content (AvgIpc) is 3.35. The van der Waals surface area contributed by atoms with Gasteiger partial charge in [0.25, 0.3) is 5.91 Å². The molecule has 1 aliphatic heterocycles. The Morgan fingerprint density at radius 1 is 1.21 bits per heavy atom. The lowest BCUT2D eigenvalue weighted by atomic mass is 9.87. The summed E-state index contributed by atoms with van der Waals surface area (Å²) in [7, 11) is 0. The van der Waals surface area contributed by atoms with E-state index in [0.717, 1.165) is 73.1 Å². The fourth-order valence-corrected chi connectivity index (χ4v) is 6.39. The standard InChI is InChI=1S/C29H37N5O3S/c1-3-34-14-12-20(13-15-34)26(17-27-32-33-29(36)38-27)31-28(35)21-8-10-23(11-9-21)37-18-22-16-19(2)30-25-7-5-4-6-24(22)25/h8-11,16,20,26H,3-7,12-15,17-18H2,1-2H3,(H,31,35)(H,33,36). The van der Waals surface area contributed by atoms with E-state index in [2.05, 4.69) is 33.4 Å². The maximum absolute atomic E-state index is 13.2. The van der Waals surface area contributed by atoms with E-state index in [1.807, 2.05) is 31.2 Å². The minimum absolute atomic E-state index is 0.0718. The number of benzene rings is 1. The van der Waals surface area contributed by atoms with Crippen molar-refractivity contribution in [3.8, 4) is 5.75 Å². The zero-order chi connectivity index (χ0) is 26.5. The topological polar surface area (TPSA) is 100 Å². The SMILES string of the molecule is CCN1CCC(C(Cc2n[nH]c(=O)s2)NC(=O)c2ccc(OCc3cc(C)nc4c3CCCC4)cc2)CC1. The van der Waals surface area contributed by atoms with Crippen LogP contribution in [0.15, 0.2) is 35.1 Å². The van der Waals surface area contributed by atoms with E-state index in [1.54, 1.807) is 0 Å². The lowest BCUT2D eigenvalue weighted by molar-refractivity contribution is 0.0895. The van der Waals surface area contributed by atoms with E-state index < -0.39 is 0 Å². The van der Waals surface area contributed by atoms with Gasteiger partial charge in [0.1, 0.15) is 17.4 Å². The fraction of sp³-hybridized carbons (Fsp3) is 0.517. The normalized spacial score (nSPS) is 17.1. The minimum atomic E-state index is -0.163. The molecule has 0 saturated carbocycles. The predicted molar refractivity (Wildman–Crippen MR) is 149 cm³/mol. The molecule has 9 heteroatoms. The molecule has 1 amide bonds. The van der Waals surface area contributed by atoms with E-state index in [-0.39, 0.29) is 16.8 Å². The molecule has 1 fully saturated rings. The summed E-state index contributed by atoms with van der Waals surface area (Å²) < 4.78 is 6.12. The third-order valence-corrected chi connectivity index (χ3v) is 8.64. The van der Waals surface area contributed by atoms with Gasteiger partial charge in [0, 0.05) is 29.4 Å². The first kappa shape index (κ1) is 26.6. The third-order valence-electron chi connectivity index (χ3n) is 7.87. The molecule has 1 saturated heterocycles. The van der Waals surface area contributed by atoms with Crippen molar-refractivity contribution in [2.75, 3.05) is 19.6 Å². The molecule has 0 bridgehead atoms. The molecule has 5 rings (SSSR count). The highest BCUT2D eigenvalue weighted by molar-refractivity contribution is 7.08. The first-order valence-electron chi connectivity index (χ1n) is 13.8. The number of hydrogen-bond donors (Lipinski definition) is 2. The molecule has 2 aromatic heterocycles. The fourth-order valence-electron chi connectivity index (χ4n) is 5.73. The Morgan fingerprint density at radius 3 is 2.68 bits per heavy atom. The van der Waals surface area contributed by atoms with E-state index in [1.165, 1.54) is 29.7 Å². The number of amides is 1. The van der Waals surface area contributed by atoms with Crippen LogP contribution in [0.4, 0.5) is 0 Å². The molecule has 0 radical (unpaired) electrons. The number of rotatable bonds is 9. The third kappa shape index (κ3) is 6.50. The molecule has 1 aliphatic carbocycles. The summed E-state index contributed by atoms with van der Waals surface area (Å²) in [6.07, 6.45) is 7.11. The number of nitrogens with one attached hydrogen (secondary N) is 2. The maximum Gasteiger partial charge on any atom is 0.322 e. The molecule has 2 aliphatic rings. The first-order chi connectivity index (χ1) is 18.5. The van der Waals surface area contributed by atoms with Crippen LogP contribution in [0.1, 0.15) is 70.5 Å². The number of carbonyl (C=O) groups is 1. The van der Waals surface area contributed by atoms with Gasteiger partial charge in [0.2, 0.25) is 0 Å². The van der Waals surface area contributed by atoms with Gasteiger partial charge in [-0.05, 0) is 112 Å². The Morgan fingerprint density at radius 2 is 1.97 bits per heavy atom. The van der Waals surface area contributed by atoms with Crippen LogP contribution >= 0.6 is 11.3 Å². The second-order valence-electron chi connectivity index (χ2n) is 10.4. The van der Waals surface area contributed by atoms with E-state index in [0.29, 0.717) is 24.5 Å². The van der Waals surface area contributed by atoms with Crippen LogP contribution in [0.3, 0.4) is 0 Å². The summed E-state index contributed by atoms with van der Waals surface area (Å²) in [5, 5.41) is 10.6. The number of ether oxygens (including phenoxy) is 1. The molecule has 1 atom stereocenters. The van der Waals surface area contributed by atoms with Crippen molar-refractivity contribution in [3.63, 3.8) is 0 Å². The summed E-state index contributed by atoms with van der Waals surface area (Å²) in [6, 6.07) is 9.43. The van der Waals surface area contributed by atoms with Crippen LogP contribution in [0.5, 0.6) is 5.75 Å². The van der Waals surface area contributed by atoms with Gasteiger partial charge >= 0.3 is 4.87 Å². The summed E-state index contributed by atoms with van der Waals surface area (Å²) in [5.74, 6) is 0.977. The lowest BCUT2D eigenvalue weighted by Crippen LogP contribution is -2.46. The first-order valence-corrected chi connectivity index (χ1v) is 14.6. The molecule has 1 aromatic carbocycles. The van der Waals surface area contributed by atoms with Gasteiger partial charge in [-0.3, -0.25) is 14.6 Å². The monoisotopic (exact) mass is 535 g/mol. The van der Waals surface area contributed by atoms with Crippen LogP contribution in [0, 0.1) is 12.8 Å². The maximum atomic E-state index is 13.2. The Balaban J connectivity index is 1.23. The Labute approximate surface area is 227 Å². The summed E-state index contributed by atoms with van der Waals surface area (Å²) in [4.78, 5) is 31.9. The minimum Gasteiger partial charge on any atom is -0.489 e. The van der Waals surface area contributed by atoms with Crippen molar-refractivity contribution in [2.24, 2.45) is 5.92 Å². The molecule has 202 valence electrons. The highest BCUT2D eigenvalue weighted by Gasteiger charge is 2.29. The number of nitrogens with zero attached hydrogens (tertiary/aromatic N) is 3. The molecule has 2 N–H and O–H groups in total. The van der Waals surface area contributed by atoms with E-state index in [9.17, 15) is 9.59 Å². The Hall–Kier alpha value is -3.04. The highest BCUT2D eigenvalue weighted by atomic mass is 32.1. The number of carbonyl (C=O) groups excluding carboxylic acids is 1. The average molecular weight is 536 g/mol. The van der Waals surface area contributed by atoms with Crippen molar-refractivity contribution < 1.29 is 9.53 Å². The van der Waals surface area contributed by atoms with Crippen LogP contribution in [-0.2, 0) is 25.9 Å². The van der Waals surface area contributed by atoms with E-state index >= 15 is 0 Å². The van der Waals surface area contributed by atoms with Crippen molar-refractivity contribution in [3.05, 3.63) is 73.1 Å². The number of piperidine rings is 1. The van der Waals surface area contributed by atoms with Crippen molar-refractivity contribution >= 4 is 17.2 Å². The summed E-state index contributed by atoms with van der Waals surface area (Å²) in [6.45, 7) is 7.82. The second kappa shape index (κ2) is 12.2. The van der Waals surface area contributed by atoms with Crippen LogP contribution in [0.25, 0.3) is 0 Å². The Kier molecular flexibility index (Phi) is 8.54. The van der Waals surface area contributed by atoms with Crippen LogP contribution < -0.4 is 14.9 Å². The number of H-pyrrole nitrogens is 1. The molecule has 0 spiro atoms. The number of likely N-dealkylation sites (tertiary alicyclic amines) is 1. The van der Waals surface area contributed by atoms with Crippen molar-refractivity contribution in [1.82, 2.24) is 25.4 Å². The second-order valence-corrected chi connectivity index (χ2v) is 11.5. The van der Waals surface area contributed by atoms with Gasteiger partial charge in [-0.15, -0.1) is 0 Å². The van der Waals surface area contributed by atoms with Crippen LogP contribution in [0.2, 0.25) is 0 Å². The molecular weight excluding hydrogens is 498 g/mol. The van der Waals surface area contributed by atoms with Gasteiger partial charge in [-0.1, -0.05) is 18.3 Å². The van der Waals surface area contributed by atoms with Gasteiger partial charge in [-0.25, -0.2) is 5.10 Å². The van der Waals surface area contributed by atoms with Crippen molar-refractivity contribution in [2.45, 2.75) is 71.4 Å². The van der Waals surface area contributed by atoms with Gasteiger partial charge in [-0.2, -0.15) is 5.10 Å². The van der Waals surface area contributed by atoms with Crippen molar-refractivity contribution in [1.29, 1.82) is 0 Å². The van der Waals surface area contributed by atoms with Gasteiger partial charge in [0.05, 0.1) is 0 Å². The number of aromatic nitrogens is 3. The molecule has 3 heterocycles. The van der Waals surface area contributed by atoms with E-state index in [4.69, 9.17) is 9.72 Å². The number of hydrogen-bond acceptors (Lipinski definition) is 7. The smallest absolute Gasteiger partial charge is 0.322 e. The number of fused-ring (bicyclic) bond motifs is 1. The van der Waals surface area contributed by atoms with Crippen LogP contribution in [-0.4, -0.2) is 51.7 Å². The lowest BCUT2D eigenvalue weighted by Gasteiger charge is -2.35. The molecule has 1 unspecified atom stereocenters. The summed E-state index contributed by atoms with van der Waals surface area (Å²) >= 11 is 1.12. The molecule has 8 nitrogen and oxygen atoms in total. The number of aromatic amines is 1. The quantitative estimate of drug-likeness (QED) is 0.429. The molecular formula is C29H37N5O3S. The Bertz CT molecular complexity index is 1290. The summed E-state index contributed by atoms with van der Waals surface area (Å²) in [5.41, 5.74) is 5.41. The number of pyridine rings is 1. The zero-order valence-corrected chi connectivity index (χ0v) is 23.1.